The standard InChI is InChI=1S/C16H27N5O4Si/c1-16(2,3)26(4,5)24-6-9-11(22)12(23)15(25-9)21-8-20-10-13(17)18-7-19-14(10)21/h7-9,11-12,15,22-23H,6H2,1-5H3,(H2,17,18,19)/t9-,11-,12-,15-/m1/s1. The van der Waals surface area contributed by atoms with Crippen molar-refractivity contribution in [2.24, 2.45) is 0 Å². The van der Waals surface area contributed by atoms with Crippen molar-refractivity contribution in [2.45, 2.75) is 63.4 Å². The van der Waals surface area contributed by atoms with Gasteiger partial charge in [-0.15, -0.1) is 0 Å². The van der Waals surface area contributed by atoms with Crippen molar-refractivity contribution in [1.82, 2.24) is 19.5 Å². The molecule has 10 heteroatoms. The van der Waals surface area contributed by atoms with E-state index in [2.05, 4.69) is 48.8 Å². The number of fused-ring (bicyclic) bond motifs is 1. The number of anilines is 1. The number of hydrogen-bond donors (Lipinski definition) is 3. The van der Waals surface area contributed by atoms with E-state index >= 15 is 0 Å². The van der Waals surface area contributed by atoms with Crippen LogP contribution in [-0.2, 0) is 9.16 Å². The van der Waals surface area contributed by atoms with Crippen molar-refractivity contribution in [1.29, 1.82) is 0 Å². The van der Waals surface area contributed by atoms with Crippen LogP contribution in [0.4, 0.5) is 5.82 Å². The number of rotatable bonds is 4. The molecule has 1 saturated heterocycles. The fourth-order valence-corrected chi connectivity index (χ4v) is 3.67. The summed E-state index contributed by atoms with van der Waals surface area (Å²) in [6.07, 6.45) is -0.852. The third kappa shape index (κ3) is 3.23. The maximum atomic E-state index is 10.5. The van der Waals surface area contributed by atoms with Crippen molar-refractivity contribution in [2.75, 3.05) is 12.3 Å². The maximum absolute atomic E-state index is 10.5. The van der Waals surface area contributed by atoms with Crippen LogP contribution >= 0.6 is 0 Å². The Morgan fingerprint density at radius 3 is 2.58 bits per heavy atom. The lowest BCUT2D eigenvalue weighted by molar-refractivity contribution is -0.0491. The van der Waals surface area contributed by atoms with Crippen LogP contribution in [0.25, 0.3) is 11.2 Å². The number of imidazole rings is 1. The number of nitrogens with zero attached hydrogens (tertiary/aromatic N) is 4. The number of ether oxygens (including phenoxy) is 1. The molecule has 0 unspecified atom stereocenters. The van der Waals surface area contributed by atoms with Crippen LogP contribution in [-0.4, -0.2) is 63.0 Å². The molecule has 26 heavy (non-hydrogen) atoms. The minimum atomic E-state index is -1.99. The van der Waals surface area contributed by atoms with Gasteiger partial charge in [0.05, 0.1) is 12.9 Å². The molecular weight excluding hydrogens is 354 g/mol. The zero-order valence-electron chi connectivity index (χ0n) is 15.7. The first-order valence-corrected chi connectivity index (χ1v) is 11.5. The number of nitrogen functional groups attached to an aromatic ring is 1. The molecule has 3 rings (SSSR count). The van der Waals surface area contributed by atoms with Gasteiger partial charge in [-0.25, -0.2) is 15.0 Å². The van der Waals surface area contributed by atoms with Gasteiger partial charge in [0.25, 0.3) is 0 Å². The molecule has 0 aliphatic carbocycles. The molecule has 0 saturated carbocycles. The zero-order valence-corrected chi connectivity index (χ0v) is 16.7. The Bertz CT molecular complexity index is 791. The van der Waals surface area contributed by atoms with Crippen LogP contribution in [0.15, 0.2) is 12.7 Å². The normalized spacial score (nSPS) is 27.3. The second kappa shape index (κ2) is 6.53. The second-order valence-electron chi connectivity index (χ2n) is 8.20. The molecule has 2 aromatic heterocycles. The monoisotopic (exact) mass is 381 g/mol. The van der Waals surface area contributed by atoms with Crippen LogP contribution in [0.3, 0.4) is 0 Å². The average Bonchev–Trinajstić information content (AvgIpc) is 3.08. The Hall–Kier alpha value is -1.59. The minimum Gasteiger partial charge on any atom is -0.414 e. The highest BCUT2D eigenvalue weighted by Crippen LogP contribution is 2.38. The van der Waals surface area contributed by atoms with E-state index in [4.69, 9.17) is 14.9 Å². The van der Waals surface area contributed by atoms with Gasteiger partial charge in [0.15, 0.2) is 26.0 Å². The Kier molecular flexibility index (Phi) is 4.82. The zero-order chi connectivity index (χ0) is 19.3. The van der Waals surface area contributed by atoms with Crippen LogP contribution < -0.4 is 5.73 Å². The molecule has 9 nitrogen and oxygen atoms in total. The number of aromatic nitrogens is 4. The number of nitrogens with two attached hydrogens (primary N) is 1. The molecule has 0 amide bonds. The van der Waals surface area contributed by atoms with Crippen molar-refractivity contribution in [3.63, 3.8) is 0 Å². The lowest BCUT2D eigenvalue weighted by Gasteiger charge is -2.37. The third-order valence-electron chi connectivity index (χ3n) is 5.41. The summed E-state index contributed by atoms with van der Waals surface area (Å²) in [6.45, 7) is 10.9. The average molecular weight is 382 g/mol. The van der Waals surface area contributed by atoms with E-state index in [1.807, 2.05) is 0 Å². The molecule has 1 fully saturated rings. The molecule has 0 aromatic carbocycles. The van der Waals surface area contributed by atoms with Gasteiger partial charge < -0.3 is 25.1 Å². The predicted octanol–water partition coefficient (Wildman–Crippen LogP) is 1.05. The van der Waals surface area contributed by atoms with E-state index in [9.17, 15) is 10.2 Å². The van der Waals surface area contributed by atoms with E-state index in [0.29, 0.717) is 11.2 Å². The highest BCUT2D eigenvalue weighted by atomic mass is 28.4. The van der Waals surface area contributed by atoms with Gasteiger partial charge in [0.2, 0.25) is 0 Å². The van der Waals surface area contributed by atoms with Gasteiger partial charge >= 0.3 is 0 Å². The van der Waals surface area contributed by atoms with Crippen molar-refractivity contribution in [3.8, 4) is 0 Å². The van der Waals surface area contributed by atoms with Gasteiger partial charge in [-0.05, 0) is 18.1 Å². The molecule has 0 spiro atoms. The molecule has 4 atom stereocenters. The number of aliphatic hydroxyl groups excluding tert-OH is 2. The Morgan fingerprint density at radius 2 is 1.92 bits per heavy atom. The van der Waals surface area contributed by atoms with Gasteiger partial charge in [0, 0.05) is 0 Å². The summed E-state index contributed by atoms with van der Waals surface area (Å²) in [4.78, 5) is 12.2. The Labute approximate surface area is 153 Å². The molecule has 0 radical (unpaired) electrons. The topological polar surface area (TPSA) is 129 Å². The molecule has 1 aliphatic heterocycles. The molecule has 4 N–H and O–H groups in total. The maximum Gasteiger partial charge on any atom is 0.192 e. The highest BCUT2D eigenvalue weighted by molar-refractivity contribution is 6.74. The Balaban J connectivity index is 1.78. The summed E-state index contributed by atoms with van der Waals surface area (Å²) < 4.78 is 13.6. The van der Waals surface area contributed by atoms with E-state index in [1.54, 1.807) is 4.57 Å². The summed E-state index contributed by atoms with van der Waals surface area (Å²) in [5.41, 5.74) is 6.67. The second-order valence-corrected chi connectivity index (χ2v) is 13.0. The SMILES string of the molecule is CC(C)(C)[Si](C)(C)OC[C@H]1O[C@@H](n2cnc3c(N)ncnc32)[C@H](O)[C@@H]1O. The van der Waals surface area contributed by atoms with E-state index in [1.165, 1.54) is 12.7 Å². The Morgan fingerprint density at radius 1 is 1.23 bits per heavy atom. The van der Waals surface area contributed by atoms with Crippen molar-refractivity contribution in [3.05, 3.63) is 12.7 Å². The van der Waals surface area contributed by atoms with Gasteiger partial charge in [-0.2, -0.15) is 0 Å². The van der Waals surface area contributed by atoms with Crippen LogP contribution in [0.1, 0.15) is 27.0 Å². The molecule has 3 heterocycles. The fraction of sp³-hybridized carbons (Fsp3) is 0.688. The number of aliphatic hydroxyl groups is 2. The lowest BCUT2D eigenvalue weighted by atomic mass is 10.1. The van der Waals surface area contributed by atoms with Crippen molar-refractivity contribution < 1.29 is 19.4 Å². The smallest absolute Gasteiger partial charge is 0.192 e. The first kappa shape index (κ1) is 19.2. The van der Waals surface area contributed by atoms with E-state index < -0.39 is 32.9 Å². The highest BCUT2D eigenvalue weighted by Gasteiger charge is 2.46. The summed E-state index contributed by atoms with van der Waals surface area (Å²) in [5, 5.41) is 20.9. The van der Waals surface area contributed by atoms with Gasteiger partial charge in [-0.3, -0.25) is 4.57 Å². The summed E-state index contributed by atoms with van der Waals surface area (Å²) >= 11 is 0. The minimum absolute atomic E-state index is 0.0452. The quantitative estimate of drug-likeness (QED) is 0.670. The largest absolute Gasteiger partial charge is 0.414 e. The van der Waals surface area contributed by atoms with Crippen LogP contribution in [0.5, 0.6) is 0 Å². The number of hydrogen-bond acceptors (Lipinski definition) is 8. The van der Waals surface area contributed by atoms with E-state index in [-0.39, 0.29) is 17.5 Å². The molecule has 2 aromatic rings. The molecular formula is C16H27N5O4Si. The summed E-state index contributed by atoms with van der Waals surface area (Å²) in [7, 11) is -1.99. The van der Waals surface area contributed by atoms with Crippen molar-refractivity contribution >= 4 is 25.3 Å². The molecule has 0 bridgehead atoms. The molecule has 1 aliphatic rings. The lowest BCUT2D eigenvalue weighted by Crippen LogP contribution is -2.44. The fourth-order valence-electron chi connectivity index (χ4n) is 2.66. The van der Waals surface area contributed by atoms with Crippen LogP contribution in [0, 0.1) is 0 Å². The first-order chi connectivity index (χ1) is 12.0. The van der Waals surface area contributed by atoms with Crippen LogP contribution in [0.2, 0.25) is 18.1 Å². The van der Waals surface area contributed by atoms with E-state index in [0.717, 1.165) is 0 Å². The third-order valence-corrected chi connectivity index (χ3v) is 9.91. The predicted molar refractivity (Wildman–Crippen MR) is 98.8 cm³/mol. The van der Waals surface area contributed by atoms with Gasteiger partial charge in [0.1, 0.15) is 30.2 Å². The summed E-state index contributed by atoms with van der Waals surface area (Å²) in [6, 6.07) is 0. The first-order valence-electron chi connectivity index (χ1n) is 8.61. The molecule has 144 valence electrons. The van der Waals surface area contributed by atoms with Gasteiger partial charge in [-0.1, -0.05) is 20.8 Å². The summed E-state index contributed by atoms with van der Waals surface area (Å²) in [5.74, 6) is 0.250.